The summed E-state index contributed by atoms with van der Waals surface area (Å²) in [7, 11) is 0. The molecule has 0 aliphatic carbocycles. The Bertz CT molecular complexity index is 1240. The van der Waals surface area contributed by atoms with Gasteiger partial charge in [-0.1, -0.05) is 35.9 Å². The number of aromatic hydroxyl groups is 1. The molecule has 0 amide bonds. The topological polar surface area (TPSA) is 41.9 Å². The third kappa shape index (κ3) is 4.86. The molecule has 1 N–H and O–H groups in total. The summed E-state index contributed by atoms with van der Waals surface area (Å²) >= 11 is 6.15. The summed E-state index contributed by atoms with van der Waals surface area (Å²) in [6, 6.07) is 17.2. The van der Waals surface area contributed by atoms with Crippen LogP contribution in [0.2, 0.25) is 5.02 Å². The van der Waals surface area contributed by atoms with Crippen molar-refractivity contribution in [3.63, 3.8) is 0 Å². The second-order valence-electron chi connectivity index (χ2n) is 9.04. The van der Waals surface area contributed by atoms with E-state index in [1.54, 1.807) is 24.3 Å². The van der Waals surface area contributed by atoms with Gasteiger partial charge in [-0.05, 0) is 54.0 Å². The molecule has 4 nitrogen and oxygen atoms in total. The lowest BCUT2D eigenvalue weighted by molar-refractivity contribution is 0.0668. The van der Waals surface area contributed by atoms with E-state index in [0.717, 1.165) is 53.2 Å². The summed E-state index contributed by atoms with van der Waals surface area (Å²) in [5, 5.41) is 10.4. The number of likely N-dealkylation sites (tertiary alicyclic amines) is 1. The molecule has 2 aliphatic rings. The van der Waals surface area contributed by atoms with Gasteiger partial charge >= 0.3 is 0 Å². The minimum atomic E-state index is -0.457. The van der Waals surface area contributed by atoms with Crippen molar-refractivity contribution in [2.24, 2.45) is 5.92 Å². The number of nitrogens with zero attached hydrogens (tertiary/aromatic N) is 1. The number of phenolic OH excluding ortho intramolecular Hbond substituents is 1. The van der Waals surface area contributed by atoms with Gasteiger partial charge < -0.3 is 14.6 Å². The molecule has 35 heavy (non-hydrogen) atoms. The first-order valence-electron chi connectivity index (χ1n) is 11.6. The highest BCUT2D eigenvalue weighted by molar-refractivity contribution is 6.32. The van der Waals surface area contributed by atoms with E-state index in [9.17, 15) is 13.9 Å². The third-order valence-electron chi connectivity index (χ3n) is 6.63. The van der Waals surface area contributed by atoms with Gasteiger partial charge in [0.05, 0.1) is 11.7 Å². The number of halogens is 3. The molecule has 2 aliphatic heterocycles. The highest BCUT2D eigenvalue weighted by Gasteiger charge is 2.30. The number of alkyl halides is 1. The lowest BCUT2D eigenvalue weighted by Gasteiger charge is -2.37. The number of fused-ring (bicyclic) bond motifs is 1. The minimum Gasteiger partial charge on any atom is -0.506 e. The van der Waals surface area contributed by atoms with Crippen molar-refractivity contribution in [1.82, 2.24) is 4.90 Å². The molecule has 0 radical (unpaired) electrons. The van der Waals surface area contributed by atoms with Crippen LogP contribution >= 0.6 is 11.6 Å². The van der Waals surface area contributed by atoms with Gasteiger partial charge in [0.2, 0.25) is 0 Å². The number of hydrogen-bond donors (Lipinski definition) is 1. The van der Waals surface area contributed by atoms with Gasteiger partial charge in [-0.25, -0.2) is 4.39 Å². The van der Waals surface area contributed by atoms with Gasteiger partial charge in [-0.2, -0.15) is 0 Å². The molecule has 182 valence electrons. The molecule has 7 heteroatoms. The molecule has 1 atom stereocenters. The Labute approximate surface area is 208 Å². The number of hydrogen-bond acceptors (Lipinski definition) is 4. The van der Waals surface area contributed by atoms with Crippen LogP contribution in [-0.4, -0.2) is 42.9 Å². The molecule has 0 saturated carbocycles. The molecular formula is C28H26ClF2NO3. The smallest absolute Gasteiger partial charge is 0.150 e. The molecule has 0 unspecified atom stereocenters. The zero-order valence-electron chi connectivity index (χ0n) is 19.3. The van der Waals surface area contributed by atoms with E-state index >= 15 is 0 Å². The fraction of sp³-hybridized carbons (Fsp3) is 0.286. The van der Waals surface area contributed by atoms with Crippen molar-refractivity contribution < 1.29 is 23.4 Å². The maximum absolute atomic E-state index is 13.6. The van der Waals surface area contributed by atoms with Gasteiger partial charge in [0.15, 0.2) is 0 Å². The Hall–Kier alpha value is -3.09. The van der Waals surface area contributed by atoms with E-state index in [1.165, 1.54) is 12.1 Å². The van der Waals surface area contributed by atoms with Crippen LogP contribution in [0.25, 0.3) is 11.1 Å². The Morgan fingerprint density at radius 3 is 2.49 bits per heavy atom. The monoisotopic (exact) mass is 497 g/mol. The minimum absolute atomic E-state index is 0.0229. The van der Waals surface area contributed by atoms with E-state index in [2.05, 4.69) is 4.90 Å². The van der Waals surface area contributed by atoms with Crippen LogP contribution in [0.3, 0.4) is 0 Å². The van der Waals surface area contributed by atoms with Crippen molar-refractivity contribution in [1.29, 1.82) is 0 Å². The zero-order chi connectivity index (χ0) is 24.5. The van der Waals surface area contributed by atoms with Crippen molar-refractivity contribution >= 4 is 22.7 Å². The summed E-state index contributed by atoms with van der Waals surface area (Å²) in [4.78, 5) is 2.18. The Kier molecular flexibility index (Phi) is 6.67. The predicted molar refractivity (Wildman–Crippen MR) is 133 cm³/mol. The second-order valence-corrected chi connectivity index (χ2v) is 9.45. The molecule has 1 fully saturated rings. The van der Waals surface area contributed by atoms with Crippen LogP contribution in [-0.2, 0) is 0 Å². The number of ether oxygens (including phenoxy) is 2. The first-order valence-corrected chi connectivity index (χ1v) is 12.0. The van der Waals surface area contributed by atoms with Gasteiger partial charge in [-0.15, -0.1) is 0 Å². The van der Waals surface area contributed by atoms with Crippen molar-refractivity contribution in [2.75, 3.05) is 32.9 Å². The van der Waals surface area contributed by atoms with Gasteiger partial charge in [0.1, 0.15) is 35.8 Å². The lowest BCUT2D eigenvalue weighted by Crippen LogP contribution is -2.49. The predicted octanol–water partition coefficient (Wildman–Crippen LogP) is 6.53. The molecule has 2 heterocycles. The maximum Gasteiger partial charge on any atom is 0.150 e. The SMILES string of the molecule is CC1=C(c2ccc(F)cc2)[C@@H](c2ccc(OCCN3CC(CF)C3)cc2)Oc2cc(Cl)c(O)cc21. The number of benzene rings is 3. The molecule has 0 aromatic heterocycles. The van der Waals surface area contributed by atoms with E-state index < -0.39 is 6.10 Å². The summed E-state index contributed by atoms with van der Waals surface area (Å²) in [6.45, 7) is 4.59. The molecule has 3 aromatic rings. The molecule has 0 spiro atoms. The van der Waals surface area contributed by atoms with Crippen LogP contribution in [0.4, 0.5) is 8.78 Å². The van der Waals surface area contributed by atoms with Crippen molar-refractivity contribution in [3.05, 3.63) is 88.2 Å². The Morgan fingerprint density at radius 1 is 1.09 bits per heavy atom. The quantitative estimate of drug-likeness (QED) is 0.403. The highest BCUT2D eigenvalue weighted by atomic mass is 35.5. The van der Waals surface area contributed by atoms with E-state index in [1.807, 2.05) is 31.2 Å². The Balaban J connectivity index is 1.39. The fourth-order valence-electron chi connectivity index (χ4n) is 4.68. The highest BCUT2D eigenvalue weighted by Crippen LogP contribution is 2.48. The van der Waals surface area contributed by atoms with Crippen LogP contribution in [0.5, 0.6) is 17.2 Å². The number of rotatable bonds is 7. The average Bonchev–Trinajstić information content (AvgIpc) is 2.83. The average molecular weight is 498 g/mol. The zero-order valence-corrected chi connectivity index (χ0v) is 20.1. The van der Waals surface area contributed by atoms with Crippen LogP contribution in [0.1, 0.15) is 29.7 Å². The second kappa shape index (κ2) is 9.88. The van der Waals surface area contributed by atoms with Gasteiger partial charge in [0.25, 0.3) is 0 Å². The molecule has 1 saturated heterocycles. The Morgan fingerprint density at radius 2 is 1.80 bits per heavy atom. The summed E-state index contributed by atoms with van der Waals surface area (Å²) < 4.78 is 38.5. The van der Waals surface area contributed by atoms with Crippen molar-refractivity contribution in [2.45, 2.75) is 13.0 Å². The van der Waals surface area contributed by atoms with Gasteiger partial charge in [0, 0.05) is 42.8 Å². The summed E-state index contributed by atoms with van der Waals surface area (Å²) in [6.07, 6.45) is -0.457. The van der Waals surface area contributed by atoms with E-state index in [4.69, 9.17) is 21.1 Å². The van der Waals surface area contributed by atoms with Crippen LogP contribution in [0, 0.1) is 11.7 Å². The fourth-order valence-corrected chi connectivity index (χ4v) is 4.84. The number of allylic oxidation sites excluding steroid dienone is 1. The summed E-state index contributed by atoms with van der Waals surface area (Å²) in [5.41, 5.74) is 4.27. The third-order valence-corrected chi connectivity index (χ3v) is 6.93. The molecule has 5 rings (SSSR count). The number of phenols is 1. The van der Waals surface area contributed by atoms with Gasteiger partial charge in [-0.3, -0.25) is 9.29 Å². The van der Waals surface area contributed by atoms with E-state index in [0.29, 0.717) is 12.4 Å². The van der Waals surface area contributed by atoms with Crippen LogP contribution < -0.4 is 9.47 Å². The van der Waals surface area contributed by atoms with Crippen LogP contribution in [0.15, 0.2) is 60.7 Å². The maximum atomic E-state index is 13.6. The van der Waals surface area contributed by atoms with Crippen molar-refractivity contribution in [3.8, 4) is 17.2 Å². The first kappa shape index (κ1) is 23.6. The standard InChI is InChI=1S/C28H26ClF2NO3/c1-17-23-12-25(33)24(29)13-26(23)35-28(27(17)19-2-6-21(31)7-3-19)20-4-8-22(9-5-20)34-11-10-32-15-18(14-30)16-32/h2-9,12-13,18,28,33H,10-11,14-16H2,1H3/t28-/m1/s1. The first-order chi connectivity index (χ1) is 16.9. The largest absolute Gasteiger partial charge is 0.506 e. The molecule has 3 aromatic carbocycles. The molecule has 0 bridgehead atoms. The normalized spacial score (nSPS) is 18.1. The molecular weight excluding hydrogens is 472 g/mol. The summed E-state index contributed by atoms with van der Waals surface area (Å²) in [5.74, 6) is 1.14. The lowest BCUT2D eigenvalue weighted by atomic mass is 9.86. The van der Waals surface area contributed by atoms with E-state index in [-0.39, 0.29) is 29.2 Å².